The highest BCUT2D eigenvalue weighted by atomic mass is 19.1. The third kappa shape index (κ3) is 5.03. The van der Waals surface area contributed by atoms with Crippen molar-refractivity contribution in [1.82, 2.24) is 19.3 Å². The number of anilines is 2. The minimum Gasteiger partial charge on any atom is -0.332 e. The van der Waals surface area contributed by atoms with Gasteiger partial charge in [0.2, 0.25) is 11.8 Å². The number of carbonyl (C=O) groups is 2. The Morgan fingerprint density at radius 2 is 1.86 bits per heavy atom. The summed E-state index contributed by atoms with van der Waals surface area (Å²) in [5, 5.41) is 9.50. The van der Waals surface area contributed by atoms with Crippen molar-refractivity contribution in [3.8, 4) is 0 Å². The molecule has 146 valence electrons. The molecule has 0 aliphatic carbocycles. The van der Waals surface area contributed by atoms with E-state index >= 15 is 0 Å². The van der Waals surface area contributed by atoms with Crippen molar-refractivity contribution in [3.05, 3.63) is 60.7 Å². The monoisotopic (exact) mass is 384 g/mol. The molecule has 8 nitrogen and oxygen atoms in total. The summed E-state index contributed by atoms with van der Waals surface area (Å²) in [6, 6.07) is 5.46. The number of aryl methyl sites for hydroxylation is 1. The van der Waals surface area contributed by atoms with E-state index in [0.29, 0.717) is 11.4 Å². The van der Waals surface area contributed by atoms with E-state index in [4.69, 9.17) is 0 Å². The molecule has 0 spiro atoms. The molecule has 1 atom stereocenters. The van der Waals surface area contributed by atoms with Crippen LogP contribution in [0.15, 0.2) is 49.1 Å². The summed E-state index contributed by atoms with van der Waals surface area (Å²) in [7, 11) is 0. The van der Waals surface area contributed by atoms with Gasteiger partial charge in [-0.05, 0) is 38.1 Å². The highest BCUT2D eigenvalue weighted by molar-refractivity contribution is 5.91. The Hall–Kier alpha value is -3.49. The maximum atomic E-state index is 12.9. The molecule has 0 saturated carbocycles. The first-order valence-corrected chi connectivity index (χ1v) is 8.78. The van der Waals surface area contributed by atoms with E-state index < -0.39 is 0 Å². The fourth-order valence-electron chi connectivity index (χ4n) is 2.83. The maximum absolute atomic E-state index is 12.9. The van der Waals surface area contributed by atoms with Crippen LogP contribution in [0.1, 0.15) is 25.2 Å². The molecule has 3 rings (SSSR count). The van der Waals surface area contributed by atoms with E-state index in [1.807, 2.05) is 24.6 Å². The average molecular weight is 384 g/mol. The lowest BCUT2D eigenvalue weighted by Crippen LogP contribution is -2.19. The van der Waals surface area contributed by atoms with Crippen molar-refractivity contribution in [2.45, 2.75) is 32.9 Å². The molecule has 1 aromatic carbocycles. The zero-order valence-electron chi connectivity index (χ0n) is 15.6. The van der Waals surface area contributed by atoms with Crippen molar-refractivity contribution >= 4 is 23.2 Å². The molecule has 0 aliphatic heterocycles. The Morgan fingerprint density at radius 1 is 1.14 bits per heavy atom. The standard InChI is InChI=1S/C19H21FN6O2/c1-13(26-8-7-21-14(26)2)9-18(27)24-17-10-22-25(11-17)12-19(28)23-16-5-3-15(20)4-6-16/h3-8,10-11,13H,9,12H2,1-2H3,(H,23,28)(H,24,27). The minimum atomic E-state index is -0.372. The van der Waals surface area contributed by atoms with Crippen LogP contribution in [0.25, 0.3) is 0 Å². The molecule has 2 amide bonds. The van der Waals surface area contributed by atoms with Gasteiger partial charge in [0.15, 0.2) is 0 Å². The zero-order chi connectivity index (χ0) is 20.1. The third-order valence-corrected chi connectivity index (χ3v) is 4.17. The number of nitrogens with one attached hydrogen (secondary N) is 2. The van der Waals surface area contributed by atoms with Gasteiger partial charge in [-0.3, -0.25) is 14.3 Å². The smallest absolute Gasteiger partial charge is 0.246 e. The summed E-state index contributed by atoms with van der Waals surface area (Å²) >= 11 is 0. The predicted molar refractivity (Wildman–Crippen MR) is 102 cm³/mol. The largest absolute Gasteiger partial charge is 0.332 e. The fraction of sp³-hybridized carbons (Fsp3) is 0.263. The first kappa shape index (κ1) is 19.3. The van der Waals surface area contributed by atoms with Crippen LogP contribution >= 0.6 is 0 Å². The number of hydrogen-bond acceptors (Lipinski definition) is 4. The predicted octanol–water partition coefficient (Wildman–Crippen LogP) is 2.76. The number of carbonyl (C=O) groups excluding carboxylic acids is 2. The van der Waals surface area contributed by atoms with Gasteiger partial charge in [-0.15, -0.1) is 0 Å². The molecule has 0 aliphatic rings. The van der Waals surface area contributed by atoms with Gasteiger partial charge in [-0.1, -0.05) is 0 Å². The summed E-state index contributed by atoms with van der Waals surface area (Å²) in [6.45, 7) is 3.80. The number of aromatic nitrogens is 4. The number of hydrogen-bond donors (Lipinski definition) is 2. The number of rotatable bonds is 7. The minimum absolute atomic E-state index is 0.0287. The lowest BCUT2D eigenvalue weighted by atomic mass is 10.2. The van der Waals surface area contributed by atoms with Crippen LogP contribution in [0.5, 0.6) is 0 Å². The van der Waals surface area contributed by atoms with E-state index in [0.717, 1.165) is 5.82 Å². The van der Waals surface area contributed by atoms with Gasteiger partial charge in [-0.25, -0.2) is 9.37 Å². The van der Waals surface area contributed by atoms with E-state index in [1.165, 1.54) is 35.1 Å². The van der Waals surface area contributed by atoms with Gasteiger partial charge in [0, 0.05) is 36.7 Å². The second-order valence-electron chi connectivity index (χ2n) is 6.46. The van der Waals surface area contributed by atoms with Crippen LogP contribution in [0, 0.1) is 12.7 Å². The molecule has 28 heavy (non-hydrogen) atoms. The van der Waals surface area contributed by atoms with Gasteiger partial charge >= 0.3 is 0 Å². The molecule has 2 N–H and O–H groups in total. The normalized spacial score (nSPS) is 11.8. The maximum Gasteiger partial charge on any atom is 0.246 e. The Labute approximate surface area is 161 Å². The van der Waals surface area contributed by atoms with Gasteiger partial charge in [-0.2, -0.15) is 5.10 Å². The van der Waals surface area contributed by atoms with Crippen LogP contribution < -0.4 is 10.6 Å². The van der Waals surface area contributed by atoms with Crippen LogP contribution in [-0.2, 0) is 16.1 Å². The van der Waals surface area contributed by atoms with Crippen LogP contribution in [0.3, 0.4) is 0 Å². The van der Waals surface area contributed by atoms with E-state index in [2.05, 4.69) is 20.7 Å². The highest BCUT2D eigenvalue weighted by Gasteiger charge is 2.13. The summed E-state index contributed by atoms with van der Waals surface area (Å²) in [4.78, 5) is 28.4. The molecular weight excluding hydrogens is 363 g/mol. The number of halogens is 1. The van der Waals surface area contributed by atoms with E-state index in [1.54, 1.807) is 12.4 Å². The van der Waals surface area contributed by atoms with Crippen molar-refractivity contribution in [2.75, 3.05) is 10.6 Å². The molecule has 2 aromatic heterocycles. The van der Waals surface area contributed by atoms with Crippen molar-refractivity contribution < 1.29 is 14.0 Å². The summed E-state index contributed by atoms with van der Waals surface area (Å²) in [6.07, 6.45) is 6.88. The van der Waals surface area contributed by atoms with Crippen molar-refractivity contribution in [3.63, 3.8) is 0 Å². The van der Waals surface area contributed by atoms with Crippen LogP contribution in [0.4, 0.5) is 15.8 Å². The summed E-state index contributed by atoms with van der Waals surface area (Å²) in [5.41, 5.74) is 1.00. The average Bonchev–Trinajstić information content (AvgIpc) is 3.25. The summed E-state index contributed by atoms with van der Waals surface area (Å²) < 4.78 is 16.2. The molecular formula is C19H21FN6O2. The zero-order valence-corrected chi connectivity index (χ0v) is 15.6. The molecule has 1 unspecified atom stereocenters. The Kier molecular flexibility index (Phi) is 5.83. The number of nitrogens with zero attached hydrogens (tertiary/aromatic N) is 4. The Morgan fingerprint density at radius 3 is 2.54 bits per heavy atom. The van der Waals surface area contributed by atoms with Gasteiger partial charge in [0.1, 0.15) is 18.2 Å². The lowest BCUT2D eigenvalue weighted by molar-refractivity contribution is -0.117. The van der Waals surface area contributed by atoms with Gasteiger partial charge in [0.05, 0.1) is 11.9 Å². The molecule has 0 saturated heterocycles. The fourth-order valence-corrected chi connectivity index (χ4v) is 2.83. The Bertz CT molecular complexity index is 963. The quantitative estimate of drug-likeness (QED) is 0.655. The SMILES string of the molecule is Cc1nccn1C(C)CC(=O)Nc1cnn(CC(=O)Nc2ccc(F)cc2)c1. The van der Waals surface area contributed by atoms with Crippen molar-refractivity contribution in [2.24, 2.45) is 0 Å². The first-order valence-electron chi connectivity index (χ1n) is 8.78. The topological polar surface area (TPSA) is 93.8 Å². The van der Waals surface area contributed by atoms with Gasteiger partial charge < -0.3 is 15.2 Å². The second-order valence-corrected chi connectivity index (χ2v) is 6.46. The molecule has 0 bridgehead atoms. The molecule has 9 heteroatoms. The van der Waals surface area contributed by atoms with Gasteiger partial charge in [0.25, 0.3) is 0 Å². The van der Waals surface area contributed by atoms with Crippen LogP contribution in [-0.4, -0.2) is 31.1 Å². The molecule has 2 heterocycles. The second kappa shape index (κ2) is 8.47. The summed E-state index contributed by atoms with van der Waals surface area (Å²) in [5.74, 6) is 0.0102. The number of benzene rings is 1. The van der Waals surface area contributed by atoms with Crippen LogP contribution in [0.2, 0.25) is 0 Å². The van der Waals surface area contributed by atoms with E-state index in [-0.39, 0.29) is 36.6 Å². The molecule has 0 radical (unpaired) electrons. The molecule has 3 aromatic rings. The number of amides is 2. The number of imidazole rings is 1. The highest BCUT2D eigenvalue weighted by Crippen LogP contribution is 2.15. The first-order chi connectivity index (χ1) is 13.4. The third-order valence-electron chi connectivity index (χ3n) is 4.17. The van der Waals surface area contributed by atoms with E-state index in [9.17, 15) is 14.0 Å². The molecule has 0 fully saturated rings. The Balaban J connectivity index is 1.50. The van der Waals surface area contributed by atoms with Crippen molar-refractivity contribution in [1.29, 1.82) is 0 Å². The lowest BCUT2D eigenvalue weighted by Gasteiger charge is -2.14.